The van der Waals surface area contributed by atoms with Crippen molar-refractivity contribution in [2.24, 2.45) is 0 Å². The maximum Gasteiger partial charge on any atom is 0.232 e. The third-order valence-corrected chi connectivity index (χ3v) is 6.08. The van der Waals surface area contributed by atoms with Crippen molar-refractivity contribution in [1.82, 2.24) is 29.7 Å². The number of nitrogens with one attached hydrogen (secondary N) is 2. The zero-order valence-electron chi connectivity index (χ0n) is 18.8. The number of nitrogen functional groups attached to an aromatic ring is 1. The van der Waals surface area contributed by atoms with Crippen LogP contribution in [0.5, 0.6) is 0 Å². The molecule has 1 saturated carbocycles. The van der Waals surface area contributed by atoms with E-state index in [1.165, 1.54) is 30.8 Å². The summed E-state index contributed by atoms with van der Waals surface area (Å²) >= 11 is 1.42. The highest BCUT2D eigenvalue weighted by Crippen LogP contribution is 2.41. The van der Waals surface area contributed by atoms with Gasteiger partial charge in [0.05, 0.1) is 11.4 Å². The molecule has 0 aliphatic heterocycles. The van der Waals surface area contributed by atoms with Gasteiger partial charge >= 0.3 is 0 Å². The molecule has 12 heteroatoms. The highest BCUT2D eigenvalue weighted by Gasteiger charge is 2.31. The largest absolute Gasteiger partial charge is 0.368 e. The van der Waals surface area contributed by atoms with Crippen LogP contribution >= 0.6 is 11.8 Å². The number of carbonyl (C=O) groups excluding carboxylic acids is 1. The molecule has 0 atom stereocenters. The Morgan fingerprint density at radius 2 is 1.91 bits per heavy atom. The van der Waals surface area contributed by atoms with Crippen LogP contribution in [0.3, 0.4) is 0 Å². The summed E-state index contributed by atoms with van der Waals surface area (Å²) < 4.78 is 15.2. The number of hydrogen-bond donors (Lipinski definition) is 3. The van der Waals surface area contributed by atoms with Crippen LogP contribution in [0.4, 0.5) is 27.7 Å². The molecule has 1 fully saturated rings. The van der Waals surface area contributed by atoms with Gasteiger partial charge in [-0.05, 0) is 55.3 Å². The van der Waals surface area contributed by atoms with Gasteiger partial charge in [-0.15, -0.1) is 10.2 Å². The van der Waals surface area contributed by atoms with Gasteiger partial charge in [-0.1, -0.05) is 17.8 Å². The van der Waals surface area contributed by atoms with Gasteiger partial charge in [0.2, 0.25) is 17.8 Å². The fourth-order valence-electron chi connectivity index (χ4n) is 3.50. The van der Waals surface area contributed by atoms with Crippen LogP contribution in [-0.4, -0.2) is 35.6 Å². The number of anilines is 4. The molecule has 0 unspecified atom stereocenters. The summed E-state index contributed by atoms with van der Waals surface area (Å²) in [5.41, 5.74) is 8.08. The second-order valence-corrected chi connectivity index (χ2v) is 8.98. The van der Waals surface area contributed by atoms with Gasteiger partial charge < -0.3 is 16.4 Å². The Labute approximate surface area is 204 Å². The Kier molecular flexibility index (Phi) is 6.27. The molecular formula is C23H22FN9OS. The molecular weight excluding hydrogens is 469 g/mol. The Hall–Kier alpha value is -4.06. The average Bonchev–Trinajstić information content (AvgIpc) is 3.58. The lowest BCUT2D eigenvalue weighted by atomic mass is 10.2. The molecule has 178 valence electrons. The fraction of sp³-hybridized carbons (Fsp3) is 0.217. The summed E-state index contributed by atoms with van der Waals surface area (Å²) in [4.78, 5) is 24.3. The molecule has 4 aromatic rings. The van der Waals surface area contributed by atoms with Gasteiger partial charge in [-0.2, -0.15) is 15.0 Å². The normalized spacial score (nSPS) is 13.0. The van der Waals surface area contributed by atoms with Gasteiger partial charge in [-0.3, -0.25) is 9.36 Å². The number of thioether (sulfide) groups is 1. The van der Waals surface area contributed by atoms with Gasteiger partial charge in [0, 0.05) is 24.2 Å². The van der Waals surface area contributed by atoms with Crippen molar-refractivity contribution >= 4 is 40.9 Å². The van der Waals surface area contributed by atoms with Crippen molar-refractivity contribution in [3.05, 3.63) is 66.0 Å². The van der Waals surface area contributed by atoms with E-state index in [1.54, 1.807) is 12.1 Å². The first kappa shape index (κ1) is 22.7. The molecule has 4 N–H and O–H groups in total. The molecule has 0 spiro atoms. The fourth-order valence-corrected chi connectivity index (χ4v) is 4.31. The van der Waals surface area contributed by atoms with Gasteiger partial charge in [0.1, 0.15) is 17.5 Å². The van der Waals surface area contributed by atoms with E-state index in [0.29, 0.717) is 34.0 Å². The maximum atomic E-state index is 13.2. The molecule has 1 amide bonds. The number of rotatable bonds is 8. The summed E-state index contributed by atoms with van der Waals surface area (Å²) in [7, 11) is 0. The number of benzene rings is 2. The van der Waals surface area contributed by atoms with Crippen LogP contribution < -0.4 is 16.4 Å². The van der Waals surface area contributed by atoms with Crippen molar-refractivity contribution in [3.8, 4) is 5.69 Å². The Morgan fingerprint density at radius 3 is 2.66 bits per heavy atom. The number of amides is 1. The van der Waals surface area contributed by atoms with Crippen LogP contribution in [0, 0.1) is 5.82 Å². The SMILES string of the molecule is CC(=O)Nc1cccc(-n2c(SCc3nc(N)nc(Nc4ccc(F)cc4)n3)nnc2C2CC2)c1. The quantitative estimate of drug-likeness (QED) is 0.312. The Morgan fingerprint density at radius 1 is 1.11 bits per heavy atom. The van der Waals surface area contributed by atoms with Crippen molar-refractivity contribution in [2.75, 3.05) is 16.4 Å². The number of nitrogens with two attached hydrogens (primary N) is 1. The number of aromatic nitrogens is 6. The summed E-state index contributed by atoms with van der Waals surface area (Å²) in [6.07, 6.45) is 2.13. The number of carbonyl (C=O) groups is 1. The Balaban J connectivity index is 1.38. The highest BCUT2D eigenvalue weighted by molar-refractivity contribution is 7.98. The van der Waals surface area contributed by atoms with Crippen molar-refractivity contribution in [1.29, 1.82) is 0 Å². The second-order valence-electron chi connectivity index (χ2n) is 8.04. The molecule has 2 aromatic heterocycles. The molecule has 0 bridgehead atoms. The minimum atomic E-state index is -0.333. The lowest BCUT2D eigenvalue weighted by Gasteiger charge is -2.12. The molecule has 1 aliphatic carbocycles. The third kappa shape index (κ3) is 5.54. The van der Waals surface area contributed by atoms with E-state index in [0.717, 1.165) is 24.4 Å². The average molecular weight is 492 g/mol. The predicted molar refractivity (Wildman–Crippen MR) is 131 cm³/mol. The number of nitrogens with zero attached hydrogens (tertiary/aromatic N) is 6. The van der Waals surface area contributed by atoms with Crippen LogP contribution in [-0.2, 0) is 10.5 Å². The van der Waals surface area contributed by atoms with E-state index in [9.17, 15) is 9.18 Å². The molecule has 0 radical (unpaired) electrons. The van der Waals surface area contributed by atoms with Crippen molar-refractivity contribution < 1.29 is 9.18 Å². The Bertz CT molecular complexity index is 1370. The summed E-state index contributed by atoms with van der Waals surface area (Å²) in [5, 5.41) is 15.4. The zero-order chi connectivity index (χ0) is 24.4. The van der Waals surface area contributed by atoms with E-state index < -0.39 is 0 Å². The molecule has 10 nitrogen and oxygen atoms in total. The van der Waals surface area contributed by atoms with Crippen LogP contribution in [0.1, 0.15) is 37.3 Å². The molecule has 1 aliphatic rings. The zero-order valence-corrected chi connectivity index (χ0v) is 19.6. The first-order valence-electron chi connectivity index (χ1n) is 10.9. The van der Waals surface area contributed by atoms with E-state index in [4.69, 9.17) is 5.73 Å². The summed E-state index contributed by atoms with van der Waals surface area (Å²) in [6.45, 7) is 1.47. The molecule has 35 heavy (non-hydrogen) atoms. The minimum absolute atomic E-state index is 0.0726. The molecule has 5 rings (SSSR count). The lowest BCUT2D eigenvalue weighted by molar-refractivity contribution is -0.114. The van der Waals surface area contributed by atoms with E-state index in [-0.39, 0.29) is 23.6 Å². The molecule has 2 aromatic carbocycles. The van der Waals surface area contributed by atoms with Crippen molar-refractivity contribution in [2.45, 2.75) is 36.6 Å². The first-order valence-corrected chi connectivity index (χ1v) is 11.9. The van der Waals surface area contributed by atoms with E-state index in [2.05, 4.69) is 35.8 Å². The summed E-state index contributed by atoms with van der Waals surface area (Å²) in [5.74, 6) is 1.95. The van der Waals surface area contributed by atoms with Crippen LogP contribution in [0.2, 0.25) is 0 Å². The standard InChI is InChI=1S/C23H22FN9OS/c1-13(34)26-17-3-2-4-18(11-17)33-20(14-5-6-14)31-32-23(33)35-12-19-28-21(25)30-22(29-19)27-16-9-7-15(24)8-10-16/h2-4,7-11,14H,5-6,12H2,1H3,(H,26,34)(H3,25,27,28,29,30). The van der Waals surface area contributed by atoms with E-state index >= 15 is 0 Å². The smallest absolute Gasteiger partial charge is 0.232 e. The number of hydrogen-bond acceptors (Lipinski definition) is 9. The highest BCUT2D eigenvalue weighted by atomic mass is 32.2. The predicted octanol–water partition coefficient (Wildman–Crippen LogP) is 4.05. The van der Waals surface area contributed by atoms with Crippen LogP contribution in [0.25, 0.3) is 5.69 Å². The minimum Gasteiger partial charge on any atom is -0.368 e. The van der Waals surface area contributed by atoms with Crippen LogP contribution in [0.15, 0.2) is 53.7 Å². The third-order valence-electron chi connectivity index (χ3n) is 5.16. The van der Waals surface area contributed by atoms with Crippen molar-refractivity contribution in [3.63, 3.8) is 0 Å². The first-order chi connectivity index (χ1) is 16.9. The lowest BCUT2D eigenvalue weighted by Crippen LogP contribution is -2.08. The van der Waals surface area contributed by atoms with E-state index in [1.807, 2.05) is 28.8 Å². The maximum absolute atomic E-state index is 13.2. The monoisotopic (exact) mass is 491 g/mol. The second kappa shape index (κ2) is 9.66. The van der Waals surface area contributed by atoms with Gasteiger partial charge in [0.25, 0.3) is 0 Å². The summed E-state index contributed by atoms with van der Waals surface area (Å²) in [6, 6.07) is 13.4. The van der Waals surface area contributed by atoms with Gasteiger partial charge in [0.15, 0.2) is 5.16 Å². The van der Waals surface area contributed by atoms with Gasteiger partial charge in [-0.25, -0.2) is 4.39 Å². The number of halogens is 1. The topological polar surface area (TPSA) is 137 Å². The molecule has 2 heterocycles. The molecule has 0 saturated heterocycles.